The summed E-state index contributed by atoms with van der Waals surface area (Å²) in [7, 11) is 0. The lowest BCUT2D eigenvalue weighted by atomic mass is 10.2. The third-order valence-electron chi connectivity index (χ3n) is 4.35. The van der Waals surface area contributed by atoms with Crippen LogP contribution in [-0.2, 0) is 4.74 Å². The number of alkyl carbamates (subject to hydrolysis) is 1. The number of hydrogen-bond donors (Lipinski definition) is 2. The first kappa shape index (κ1) is 20.8. The van der Waals surface area contributed by atoms with Gasteiger partial charge in [-0.3, -0.25) is 0 Å². The quantitative estimate of drug-likeness (QED) is 0.739. The average molecular weight is 424 g/mol. The monoisotopic (exact) mass is 423 g/mol. The topological polar surface area (TPSA) is 89.0 Å². The zero-order valence-corrected chi connectivity index (χ0v) is 18.4. The minimum atomic E-state index is -0.499. The van der Waals surface area contributed by atoms with Crippen molar-refractivity contribution in [3.05, 3.63) is 21.9 Å². The average Bonchev–Trinajstić information content (AvgIpc) is 3.13. The molecule has 1 saturated carbocycles. The van der Waals surface area contributed by atoms with Crippen molar-refractivity contribution in [1.29, 1.82) is 0 Å². The number of amides is 1. The van der Waals surface area contributed by atoms with Crippen LogP contribution >= 0.6 is 22.9 Å². The molecule has 2 N–H and O–H groups in total. The third-order valence-corrected chi connectivity index (χ3v) is 5.71. The van der Waals surface area contributed by atoms with Gasteiger partial charge in [-0.15, -0.1) is 11.3 Å². The number of hydrogen-bond acceptors (Lipinski definition) is 7. The number of ether oxygens (including phenoxy) is 1. The SMILES string of the molecule is Cc1nc(C)c(-c2nc(NC3CCC(NC(=O)OC(C)(C)C)C3)ncc2Cl)s1. The molecule has 1 amide bonds. The molecule has 0 bridgehead atoms. The van der Waals surface area contributed by atoms with Crippen molar-refractivity contribution in [3.63, 3.8) is 0 Å². The van der Waals surface area contributed by atoms with Crippen LogP contribution in [0.4, 0.5) is 10.7 Å². The highest BCUT2D eigenvalue weighted by atomic mass is 35.5. The number of aromatic nitrogens is 3. The van der Waals surface area contributed by atoms with Gasteiger partial charge in [0.05, 0.1) is 26.8 Å². The maximum atomic E-state index is 12.0. The summed E-state index contributed by atoms with van der Waals surface area (Å²) in [5.74, 6) is 0.535. The number of anilines is 1. The number of carbonyl (C=O) groups excluding carboxylic acids is 1. The van der Waals surface area contributed by atoms with Crippen molar-refractivity contribution in [2.45, 2.75) is 71.6 Å². The maximum Gasteiger partial charge on any atom is 0.407 e. The normalized spacial score (nSPS) is 19.5. The van der Waals surface area contributed by atoms with E-state index in [4.69, 9.17) is 16.3 Å². The Morgan fingerprint density at radius 3 is 2.61 bits per heavy atom. The van der Waals surface area contributed by atoms with Gasteiger partial charge in [0.2, 0.25) is 5.95 Å². The molecule has 0 saturated heterocycles. The van der Waals surface area contributed by atoms with E-state index in [0.717, 1.165) is 34.8 Å². The van der Waals surface area contributed by atoms with Gasteiger partial charge in [-0.05, 0) is 53.9 Å². The minimum absolute atomic E-state index is 0.0745. The molecule has 28 heavy (non-hydrogen) atoms. The molecule has 2 aromatic rings. The fourth-order valence-corrected chi connectivity index (χ4v) is 4.41. The van der Waals surface area contributed by atoms with E-state index >= 15 is 0 Å². The fraction of sp³-hybridized carbons (Fsp3) is 0.579. The van der Waals surface area contributed by atoms with E-state index in [1.54, 1.807) is 17.5 Å². The summed E-state index contributed by atoms with van der Waals surface area (Å²) in [6, 6.07) is 0.253. The predicted molar refractivity (Wildman–Crippen MR) is 112 cm³/mol. The lowest BCUT2D eigenvalue weighted by molar-refractivity contribution is 0.0505. The van der Waals surface area contributed by atoms with Crippen molar-refractivity contribution in [2.24, 2.45) is 0 Å². The highest BCUT2D eigenvalue weighted by molar-refractivity contribution is 7.15. The maximum absolute atomic E-state index is 12.0. The van der Waals surface area contributed by atoms with Gasteiger partial charge in [-0.25, -0.2) is 19.7 Å². The van der Waals surface area contributed by atoms with E-state index in [1.807, 2.05) is 34.6 Å². The molecule has 152 valence electrons. The van der Waals surface area contributed by atoms with Crippen molar-refractivity contribution in [1.82, 2.24) is 20.3 Å². The van der Waals surface area contributed by atoms with Gasteiger partial charge in [0.15, 0.2) is 0 Å². The van der Waals surface area contributed by atoms with Gasteiger partial charge in [0, 0.05) is 12.1 Å². The Hall–Kier alpha value is -1.93. The molecule has 0 aliphatic heterocycles. The largest absolute Gasteiger partial charge is 0.444 e. The third kappa shape index (κ3) is 5.32. The van der Waals surface area contributed by atoms with Crippen LogP contribution in [0, 0.1) is 13.8 Å². The van der Waals surface area contributed by atoms with Crippen LogP contribution in [0.5, 0.6) is 0 Å². The summed E-state index contributed by atoms with van der Waals surface area (Å²) in [5, 5.41) is 7.79. The number of halogens is 1. The summed E-state index contributed by atoms with van der Waals surface area (Å²) in [6.45, 7) is 9.48. The standard InChI is InChI=1S/C19H26ClN5O2S/c1-10-16(28-11(2)22-10)15-14(20)9-21-17(25-15)23-12-6-7-13(8-12)24-18(26)27-19(3,4)5/h9,12-13H,6-8H2,1-5H3,(H,24,26)(H,21,23,25). The van der Waals surface area contributed by atoms with Crippen molar-refractivity contribution in [2.75, 3.05) is 5.32 Å². The Labute approximate surface area is 174 Å². The highest BCUT2D eigenvalue weighted by Crippen LogP contribution is 2.34. The molecule has 3 rings (SSSR count). The van der Waals surface area contributed by atoms with E-state index in [9.17, 15) is 4.79 Å². The van der Waals surface area contributed by atoms with E-state index < -0.39 is 5.60 Å². The number of nitrogens with one attached hydrogen (secondary N) is 2. The van der Waals surface area contributed by atoms with Crippen LogP contribution in [-0.4, -0.2) is 38.7 Å². The minimum Gasteiger partial charge on any atom is -0.444 e. The second kappa shape index (κ2) is 8.21. The first-order valence-electron chi connectivity index (χ1n) is 9.33. The van der Waals surface area contributed by atoms with Gasteiger partial charge in [0.25, 0.3) is 0 Å². The second-order valence-corrected chi connectivity index (χ2v) is 9.65. The van der Waals surface area contributed by atoms with Crippen LogP contribution < -0.4 is 10.6 Å². The molecule has 0 aromatic carbocycles. The highest BCUT2D eigenvalue weighted by Gasteiger charge is 2.28. The van der Waals surface area contributed by atoms with Crippen LogP contribution in [0.1, 0.15) is 50.7 Å². The molecule has 1 fully saturated rings. The molecule has 7 nitrogen and oxygen atoms in total. The lowest BCUT2D eigenvalue weighted by Crippen LogP contribution is -2.38. The van der Waals surface area contributed by atoms with Crippen LogP contribution in [0.3, 0.4) is 0 Å². The predicted octanol–water partition coefficient (Wildman–Crippen LogP) is 4.73. The Morgan fingerprint density at radius 1 is 1.25 bits per heavy atom. The summed E-state index contributed by atoms with van der Waals surface area (Å²) in [5.41, 5.74) is 1.11. The number of carbonyl (C=O) groups is 1. The number of nitrogens with zero attached hydrogens (tertiary/aromatic N) is 3. The molecule has 2 unspecified atom stereocenters. The fourth-order valence-electron chi connectivity index (χ4n) is 3.25. The molecule has 0 spiro atoms. The van der Waals surface area contributed by atoms with Crippen LogP contribution in [0.25, 0.3) is 10.6 Å². The Kier molecular flexibility index (Phi) is 6.09. The zero-order valence-electron chi connectivity index (χ0n) is 16.8. The van der Waals surface area contributed by atoms with Crippen molar-refractivity contribution < 1.29 is 9.53 Å². The van der Waals surface area contributed by atoms with Crippen LogP contribution in [0.15, 0.2) is 6.20 Å². The van der Waals surface area contributed by atoms with E-state index in [1.165, 1.54) is 0 Å². The molecular formula is C19H26ClN5O2S. The number of aryl methyl sites for hydroxylation is 2. The molecule has 9 heteroatoms. The van der Waals surface area contributed by atoms with Gasteiger partial charge in [-0.1, -0.05) is 11.6 Å². The van der Waals surface area contributed by atoms with Gasteiger partial charge < -0.3 is 15.4 Å². The molecule has 1 aliphatic rings. The van der Waals surface area contributed by atoms with Crippen LogP contribution in [0.2, 0.25) is 5.02 Å². The van der Waals surface area contributed by atoms with E-state index in [2.05, 4.69) is 25.6 Å². The van der Waals surface area contributed by atoms with Crippen molar-refractivity contribution >= 4 is 35.0 Å². The molecule has 0 radical (unpaired) electrons. The summed E-state index contributed by atoms with van der Waals surface area (Å²) >= 11 is 7.90. The van der Waals surface area contributed by atoms with Crippen molar-refractivity contribution in [3.8, 4) is 10.6 Å². The number of thiazole rings is 1. The molecule has 2 aromatic heterocycles. The zero-order chi connectivity index (χ0) is 20.5. The molecule has 2 atom stereocenters. The lowest BCUT2D eigenvalue weighted by Gasteiger charge is -2.21. The molecular weight excluding hydrogens is 398 g/mol. The van der Waals surface area contributed by atoms with Gasteiger partial charge in [-0.2, -0.15) is 0 Å². The molecule has 1 aliphatic carbocycles. The first-order valence-corrected chi connectivity index (χ1v) is 10.5. The Bertz CT molecular complexity index is 864. The summed E-state index contributed by atoms with van der Waals surface area (Å²) in [6.07, 6.45) is 3.83. The first-order chi connectivity index (χ1) is 13.1. The second-order valence-electron chi connectivity index (χ2n) is 8.04. The summed E-state index contributed by atoms with van der Waals surface area (Å²) in [4.78, 5) is 26.3. The van der Waals surface area contributed by atoms with E-state index in [0.29, 0.717) is 16.7 Å². The Balaban J connectivity index is 1.63. The number of rotatable bonds is 4. The molecule has 2 heterocycles. The van der Waals surface area contributed by atoms with Gasteiger partial charge in [0.1, 0.15) is 11.3 Å². The smallest absolute Gasteiger partial charge is 0.407 e. The van der Waals surface area contributed by atoms with E-state index in [-0.39, 0.29) is 18.2 Å². The van der Waals surface area contributed by atoms with Gasteiger partial charge >= 0.3 is 6.09 Å². The summed E-state index contributed by atoms with van der Waals surface area (Å²) < 4.78 is 5.33. The Morgan fingerprint density at radius 2 is 1.96 bits per heavy atom.